The highest BCUT2D eigenvalue weighted by molar-refractivity contribution is 6.37. The average molecular weight is 429 g/mol. The van der Waals surface area contributed by atoms with E-state index in [0.29, 0.717) is 12.2 Å². The van der Waals surface area contributed by atoms with Crippen LogP contribution in [0.25, 0.3) is 6.08 Å². The number of benzene rings is 2. The van der Waals surface area contributed by atoms with E-state index >= 15 is 0 Å². The zero-order valence-electron chi connectivity index (χ0n) is 14.4. The number of carbonyl (C=O) groups is 1. The normalized spacial score (nSPS) is 11.7. The molecule has 0 radical (unpaired) electrons. The number of ether oxygens (including phenoxy) is 1. The molecule has 0 unspecified atom stereocenters. The molecule has 0 atom stereocenters. The third kappa shape index (κ3) is 5.41. The van der Waals surface area contributed by atoms with E-state index in [2.05, 4.69) is 5.32 Å². The number of nitrogens with zero attached hydrogens (tertiary/aromatic N) is 1. The molecule has 0 saturated heterocycles. The topological polar surface area (TPSA) is 62.1 Å². The molecule has 4 nitrogen and oxygen atoms in total. The molecule has 2 aromatic rings. The number of nitrogens with one attached hydrogen (secondary N) is 1. The van der Waals surface area contributed by atoms with Crippen molar-refractivity contribution < 1.29 is 22.7 Å². The summed E-state index contributed by atoms with van der Waals surface area (Å²) >= 11 is 12.2. The Morgan fingerprint density at radius 2 is 1.89 bits per heavy atom. The summed E-state index contributed by atoms with van der Waals surface area (Å²) in [6.45, 7) is 2.10. The van der Waals surface area contributed by atoms with Crippen molar-refractivity contribution in [2.45, 2.75) is 13.1 Å². The molecule has 1 amide bonds. The summed E-state index contributed by atoms with van der Waals surface area (Å²) in [5.74, 6) is -0.599. The summed E-state index contributed by atoms with van der Waals surface area (Å²) < 4.78 is 43.6. The van der Waals surface area contributed by atoms with Crippen LogP contribution in [0.3, 0.4) is 0 Å². The number of anilines is 1. The van der Waals surface area contributed by atoms with Crippen molar-refractivity contribution in [2.75, 3.05) is 11.9 Å². The van der Waals surface area contributed by atoms with Crippen LogP contribution >= 0.6 is 23.2 Å². The van der Waals surface area contributed by atoms with E-state index in [1.54, 1.807) is 13.0 Å². The van der Waals surface area contributed by atoms with Gasteiger partial charge in [-0.15, -0.1) is 0 Å². The SMILES string of the molecule is CCOc1c(Cl)cc(/C=C(\C#N)C(=O)Nc2cccc(C(F)(F)F)c2)cc1Cl. The molecule has 0 aliphatic heterocycles. The number of amides is 1. The molecular formula is C19H13Cl2F3N2O2. The predicted molar refractivity (Wildman–Crippen MR) is 101 cm³/mol. The lowest BCUT2D eigenvalue weighted by atomic mass is 10.1. The number of alkyl halides is 3. The lowest BCUT2D eigenvalue weighted by molar-refractivity contribution is -0.137. The second-order valence-electron chi connectivity index (χ2n) is 5.45. The third-order valence-electron chi connectivity index (χ3n) is 3.43. The molecule has 2 rings (SSSR count). The molecule has 0 aromatic heterocycles. The van der Waals surface area contributed by atoms with Crippen molar-refractivity contribution >= 4 is 40.9 Å². The summed E-state index contributed by atoms with van der Waals surface area (Å²) in [7, 11) is 0. The minimum absolute atomic E-state index is 0.0938. The lowest BCUT2D eigenvalue weighted by Crippen LogP contribution is -2.14. The minimum Gasteiger partial charge on any atom is -0.491 e. The minimum atomic E-state index is -4.55. The molecule has 146 valence electrons. The molecule has 1 N–H and O–H groups in total. The van der Waals surface area contributed by atoms with Gasteiger partial charge in [0.15, 0.2) is 5.75 Å². The molecule has 0 bridgehead atoms. The first-order chi connectivity index (χ1) is 13.2. The highest BCUT2D eigenvalue weighted by Crippen LogP contribution is 2.35. The molecule has 0 aliphatic rings. The molecule has 9 heteroatoms. The van der Waals surface area contributed by atoms with Gasteiger partial charge in [-0.05, 0) is 48.9 Å². The smallest absolute Gasteiger partial charge is 0.416 e. The van der Waals surface area contributed by atoms with E-state index in [0.717, 1.165) is 18.2 Å². The fourth-order valence-corrected chi connectivity index (χ4v) is 2.85. The summed E-state index contributed by atoms with van der Waals surface area (Å²) in [4.78, 5) is 12.3. The van der Waals surface area contributed by atoms with Crippen LogP contribution in [0.4, 0.5) is 18.9 Å². The first-order valence-corrected chi connectivity index (χ1v) is 8.63. The van der Waals surface area contributed by atoms with E-state index in [4.69, 9.17) is 27.9 Å². The summed E-state index contributed by atoms with van der Waals surface area (Å²) in [5, 5.41) is 11.9. The maximum absolute atomic E-state index is 12.8. The van der Waals surface area contributed by atoms with E-state index in [9.17, 15) is 23.2 Å². The van der Waals surface area contributed by atoms with Gasteiger partial charge in [-0.3, -0.25) is 4.79 Å². The van der Waals surface area contributed by atoms with Crippen LogP contribution in [0.1, 0.15) is 18.1 Å². The van der Waals surface area contributed by atoms with Crippen LogP contribution in [0, 0.1) is 11.3 Å². The van der Waals surface area contributed by atoms with E-state index in [-0.39, 0.29) is 27.1 Å². The zero-order valence-corrected chi connectivity index (χ0v) is 15.9. The van der Waals surface area contributed by atoms with E-state index in [1.807, 2.05) is 0 Å². The number of carbonyl (C=O) groups excluding carboxylic acids is 1. The summed E-state index contributed by atoms with van der Waals surface area (Å²) in [6.07, 6.45) is -3.33. The number of hydrogen-bond acceptors (Lipinski definition) is 3. The van der Waals surface area contributed by atoms with E-state index in [1.165, 1.54) is 24.3 Å². The Balaban J connectivity index is 2.28. The standard InChI is InChI=1S/C19H13Cl2F3N2O2/c1-2-28-17-15(20)7-11(8-16(17)21)6-12(10-25)18(27)26-14-5-3-4-13(9-14)19(22,23)24/h3-9H,2H2,1H3,(H,26,27)/b12-6+. The maximum Gasteiger partial charge on any atom is 0.416 e. The van der Waals surface area contributed by atoms with Crippen molar-refractivity contribution in [2.24, 2.45) is 0 Å². The van der Waals surface area contributed by atoms with Crippen molar-refractivity contribution in [1.29, 1.82) is 5.26 Å². The molecular weight excluding hydrogens is 416 g/mol. The first-order valence-electron chi connectivity index (χ1n) is 7.88. The molecule has 0 fully saturated rings. The van der Waals surface area contributed by atoms with Crippen molar-refractivity contribution in [1.82, 2.24) is 0 Å². The Morgan fingerprint density at radius 3 is 2.43 bits per heavy atom. The van der Waals surface area contributed by atoms with Crippen LogP contribution < -0.4 is 10.1 Å². The fourth-order valence-electron chi connectivity index (χ4n) is 2.23. The highest BCUT2D eigenvalue weighted by Gasteiger charge is 2.30. The second kappa shape index (κ2) is 9.00. The van der Waals surface area contributed by atoms with Gasteiger partial charge in [0.2, 0.25) is 0 Å². The summed E-state index contributed by atoms with van der Waals surface area (Å²) in [5.41, 5.74) is -0.996. The van der Waals surface area contributed by atoms with Gasteiger partial charge < -0.3 is 10.1 Å². The van der Waals surface area contributed by atoms with Crippen molar-refractivity contribution in [3.05, 3.63) is 63.1 Å². The van der Waals surface area contributed by atoms with Crippen LogP contribution in [-0.2, 0) is 11.0 Å². The highest BCUT2D eigenvalue weighted by atomic mass is 35.5. The monoisotopic (exact) mass is 428 g/mol. The predicted octanol–water partition coefficient (Wildman–Crippen LogP) is 5.96. The quantitative estimate of drug-likeness (QED) is 0.472. The average Bonchev–Trinajstić information content (AvgIpc) is 2.62. The molecule has 2 aromatic carbocycles. The Morgan fingerprint density at radius 1 is 1.25 bits per heavy atom. The van der Waals surface area contributed by atoms with Crippen LogP contribution in [-0.4, -0.2) is 12.5 Å². The maximum atomic E-state index is 12.8. The van der Waals surface area contributed by atoms with Gasteiger partial charge in [0.05, 0.1) is 22.2 Å². The molecule has 0 heterocycles. The number of hydrogen-bond donors (Lipinski definition) is 1. The largest absolute Gasteiger partial charge is 0.491 e. The Bertz CT molecular complexity index is 943. The Kier molecular flexibility index (Phi) is 6.95. The van der Waals surface area contributed by atoms with Gasteiger partial charge in [-0.1, -0.05) is 29.3 Å². The molecule has 0 saturated carbocycles. The van der Waals surface area contributed by atoms with Gasteiger partial charge >= 0.3 is 6.18 Å². The van der Waals surface area contributed by atoms with Gasteiger partial charge in [0.1, 0.15) is 11.6 Å². The second-order valence-corrected chi connectivity index (χ2v) is 6.26. The van der Waals surface area contributed by atoms with Crippen molar-refractivity contribution in [3.63, 3.8) is 0 Å². The Labute approximate surface area is 169 Å². The first kappa shape index (κ1) is 21.6. The number of rotatable bonds is 5. The Hall–Kier alpha value is -2.69. The van der Waals surface area contributed by atoms with Crippen LogP contribution in [0.15, 0.2) is 42.0 Å². The van der Waals surface area contributed by atoms with Crippen LogP contribution in [0.5, 0.6) is 5.75 Å². The van der Waals surface area contributed by atoms with Gasteiger partial charge in [-0.2, -0.15) is 18.4 Å². The van der Waals surface area contributed by atoms with Gasteiger partial charge in [-0.25, -0.2) is 0 Å². The number of halogens is 5. The van der Waals surface area contributed by atoms with Gasteiger partial charge in [0, 0.05) is 5.69 Å². The number of nitriles is 1. The summed E-state index contributed by atoms with van der Waals surface area (Å²) in [6, 6.07) is 8.70. The zero-order chi connectivity index (χ0) is 20.9. The molecule has 28 heavy (non-hydrogen) atoms. The lowest BCUT2D eigenvalue weighted by Gasteiger charge is -2.10. The molecule has 0 spiro atoms. The van der Waals surface area contributed by atoms with E-state index < -0.39 is 17.6 Å². The fraction of sp³-hybridized carbons (Fsp3) is 0.158. The van der Waals surface area contributed by atoms with Crippen LogP contribution in [0.2, 0.25) is 10.0 Å². The molecule has 0 aliphatic carbocycles. The van der Waals surface area contributed by atoms with Gasteiger partial charge in [0.25, 0.3) is 5.91 Å². The third-order valence-corrected chi connectivity index (χ3v) is 3.99. The van der Waals surface area contributed by atoms with Crippen molar-refractivity contribution in [3.8, 4) is 11.8 Å².